The van der Waals surface area contributed by atoms with Gasteiger partial charge in [-0.05, 0) is 51.0 Å². The van der Waals surface area contributed by atoms with Gasteiger partial charge in [0.2, 0.25) is 5.91 Å². The fraction of sp³-hybridized carbons (Fsp3) is 0.353. The quantitative estimate of drug-likeness (QED) is 0.941. The van der Waals surface area contributed by atoms with Gasteiger partial charge in [-0.2, -0.15) is 0 Å². The second kappa shape index (κ2) is 5.87. The molecule has 1 N–H and O–H groups in total. The van der Waals surface area contributed by atoms with Crippen molar-refractivity contribution in [3.63, 3.8) is 0 Å². The molecule has 0 spiro atoms. The smallest absolute Gasteiger partial charge is 0.258 e. The summed E-state index contributed by atoms with van der Waals surface area (Å²) in [5.41, 5.74) is 2.60. The Morgan fingerprint density at radius 1 is 1.22 bits per heavy atom. The van der Waals surface area contributed by atoms with Gasteiger partial charge in [0.1, 0.15) is 11.4 Å². The van der Waals surface area contributed by atoms with Gasteiger partial charge in [0.25, 0.3) is 5.91 Å². The topological polar surface area (TPSA) is 75.4 Å². The molecule has 6 heteroatoms. The normalized spacial score (nSPS) is 13.7. The fourth-order valence-corrected chi connectivity index (χ4v) is 2.54. The van der Waals surface area contributed by atoms with Crippen LogP contribution in [0.15, 0.2) is 28.8 Å². The van der Waals surface area contributed by atoms with E-state index in [2.05, 4.69) is 10.5 Å². The molecule has 0 saturated heterocycles. The van der Waals surface area contributed by atoms with E-state index in [1.54, 1.807) is 45.2 Å². The second-order valence-corrected chi connectivity index (χ2v) is 5.88. The zero-order valence-corrected chi connectivity index (χ0v) is 13.4. The lowest BCUT2D eigenvalue weighted by Gasteiger charge is -2.17. The first-order chi connectivity index (χ1) is 11.0. The minimum Gasteiger partial charge on any atom is -0.359 e. The summed E-state index contributed by atoms with van der Waals surface area (Å²) in [5, 5.41) is 6.72. The number of aryl methyl sites for hydroxylation is 2. The molecule has 1 fully saturated rings. The Morgan fingerprint density at radius 3 is 2.39 bits per heavy atom. The molecule has 120 valence electrons. The van der Waals surface area contributed by atoms with Crippen molar-refractivity contribution < 1.29 is 14.1 Å². The van der Waals surface area contributed by atoms with E-state index in [0.29, 0.717) is 28.4 Å². The Balaban J connectivity index is 1.73. The van der Waals surface area contributed by atoms with Crippen molar-refractivity contribution in [3.05, 3.63) is 41.3 Å². The summed E-state index contributed by atoms with van der Waals surface area (Å²) in [6, 6.07) is 6.91. The molecule has 1 aliphatic carbocycles. The highest BCUT2D eigenvalue weighted by atomic mass is 16.5. The van der Waals surface area contributed by atoms with Crippen LogP contribution in [0.3, 0.4) is 0 Å². The molecule has 2 amide bonds. The molecule has 0 bridgehead atoms. The van der Waals surface area contributed by atoms with E-state index in [0.717, 1.165) is 12.8 Å². The molecule has 6 nitrogen and oxygen atoms in total. The van der Waals surface area contributed by atoms with Crippen LogP contribution in [-0.4, -0.2) is 24.0 Å². The number of nitrogens with one attached hydrogen (secondary N) is 1. The van der Waals surface area contributed by atoms with Gasteiger partial charge in [0, 0.05) is 24.2 Å². The Kier molecular flexibility index (Phi) is 3.90. The lowest BCUT2D eigenvalue weighted by atomic mass is 10.1. The highest BCUT2D eigenvalue weighted by Gasteiger charge is 2.29. The number of carbonyl (C=O) groups is 2. The largest absolute Gasteiger partial charge is 0.359 e. The third-order valence-corrected chi connectivity index (χ3v) is 3.98. The van der Waals surface area contributed by atoms with Crippen molar-refractivity contribution in [3.8, 4) is 0 Å². The van der Waals surface area contributed by atoms with E-state index in [1.165, 1.54) is 4.90 Å². The van der Waals surface area contributed by atoms with E-state index in [4.69, 9.17) is 4.52 Å². The number of benzene rings is 1. The second-order valence-electron chi connectivity index (χ2n) is 5.88. The number of anilines is 2. The number of hydrogen-bond acceptors (Lipinski definition) is 4. The van der Waals surface area contributed by atoms with Crippen molar-refractivity contribution in [2.24, 2.45) is 5.92 Å². The zero-order chi connectivity index (χ0) is 16.6. The number of hydrogen-bond donors (Lipinski definition) is 1. The molecule has 0 radical (unpaired) electrons. The Morgan fingerprint density at radius 2 is 1.87 bits per heavy atom. The molecule has 3 rings (SSSR count). The first-order valence-corrected chi connectivity index (χ1v) is 7.59. The average molecular weight is 313 g/mol. The van der Waals surface area contributed by atoms with Crippen molar-refractivity contribution in [1.82, 2.24) is 5.16 Å². The van der Waals surface area contributed by atoms with Crippen LogP contribution in [0.5, 0.6) is 0 Å². The summed E-state index contributed by atoms with van der Waals surface area (Å²) in [7, 11) is 1.69. The average Bonchev–Trinajstić information content (AvgIpc) is 3.33. The number of rotatable bonds is 4. The van der Waals surface area contributed by atoms with Crippen molar-refractivity contribution in [2.45, 2.75) is 26.7 Å². The van der Waals surface area contributed by atoms with Crippen LogP contribution in [0, 0.1) is 19.8 Å². The van der Waals surface area contributed by atoms with Gasteiger partial charge < -0.3 is 14.7 Å². The Labute approximate surface area is 134 Å². The predicted octanol–water partition coefficient (Wildman–Crippen LogP) is 2.92. The van der Waals surface area contributed by atoms with E-state index in [-0.39, 0.29) is 17.7 Å². The predicted molar refractivity (Wildman–Crippen MR) is 86.5 cm³/mol. The third kappa shape index (κ3) is 3.11. The SMILES string of the molecule is Cc1noc(C)c1N(C)C(=O)c1ccc(NC(=O)C2CC2)cc1. The van der Waals surface area contributed by atoms with Crippen LogP contribution in [0.2, 0.25) is 0 Å². The summed E-state index contributed by atoms with van der Waals surface area (Å²) in [5.74, 6) is 0.657. The van der Waals surface area contributed by atoms with Crippen LogP contribution < -0.4 is 10.2 Å². The molecular weight excluding hydrogens is 294 g/mol. The summed E-state index contributed by atoms with van der Waals surface area (Å²) in [4.78, 5) is 25.8. The molecule has 1 aromatic heterocycles. The van der Waals surface area contributed by atoms with Gasteiger partial charge in [0.15, 0.2) is 5.76 Å². The van der Waals surface area contributed by atoms with Crippen molar-refractivity contribution >= 4 is 23.2 Å². The molecule has 0 atom stereocenters. The van der Waals surface area contributed by atoms with E-state index in [1.807, 2.05) is 0 Å². The zero-order valence-electron chi connectivity index (χ0n) is 13.4. The first kappa shape index (κ1) is 15.3. The molecule has 0 aliphatic heterocycles. The summed E-state index contributed by atoms with van der Waals surface area (Å²) < 4.78 is 5.10. The number of aromatic nitrogens is 1. The van der Waals surface area contributed by atoms with Crippen LogP contribution in [0.4, 0.5) is 11.4 Å². The molecule has 2 aromatic rings. The number of nitrogens with zero attached hydrogens (tertiary/aromatic N) is 2. The fourth-order valence-electron chi connectivity index (χ4n) is 2.54. The third-order valence-electron chi connectivity index (χ3n) is 3.98. The van der Waals surface area contributed by atoms with Gasteiger partial charge in [-0.25, -0.2) is 0 Å². The number of amides is 2. The maximum Gasteiger partial charge on any atom is 0.258 e. The highest BCUT2D eigenvalue weighted by Crippen LogP contribution is 2.30. The number of carbonyl (C=O) groups excluding carboxylic acids is 2. The monoisotopic (exact) mass is 313 g/mol. The Bertz CT molecular complexity index is 725. The minimum absolute atomic E-state index is 0.0527. The maximum atomic E-state index is 12.6. The van der Waals surface area contributed by atoms with Gasteiger partial charge in [-0.1, -0.05) is 5.16 Å². The van der Waals surface area contributed by atoms with Gasteiger partial charge in [-0.3, -0.25) is 9.59 Å². The highest BCUT2D eigenvalue weighted by molar-refractivity contribution is 6.06. The van der Waals surface area contributed by atoms with E-state index >= 15 is 0 Å². The lowest BCUT2D eigenvalue weighted by Crippen LogP contribution is -2.27. The summed E-state index contributed by atoms with van der Waals surface area (Å²) >= 11 is 0. The van der Waals surface area contributed by atoms with Gasteiger partial charge in [-0.15, -0.1) is 0 Å². The van der Waals surface area contributed by atoms with Gasteiger partial charge >= 0.3 is 0 Å². The molecular formula is C17H19N3O3. The van der Waals surface area contributed by atoms with Crippen LogP contribution >= 0.6 is 0 Å². The molecule has 1 saturated carbocycles. The van der Waals surface area contributed by atoms with Crippen molar-refractivity contribution in [1.29, 1.82) is 0 Å². The minimum atomic E-state index is -0.153. The molecule has 1 heterocycles. The van der Waals surface area contributed by atoms with Crippen LogP contribution in [0.25, 0.3) is 0 Å². The van der Waals surface area contributed by atoms with Crippen molar-refractivity contribution in [2.75, 3.05) is 17.3 Å². The van der Waals surface area contributed by atoms with E-state index in [9.17, 15) is 9.59 Å². The summed E-state index contributed by atoms with van der Waals surface area (Å²) in [6.45, 7) is 3.57. The molecule has 1 aromatic carbocycles. The molecule has 0 unspecified atom stereocenters. The lowest BCUT2D eigenvalue weighted by molar-refractivity contribution is -0.117. The van der Waals surface area contributed by atoms with Gasteiger partial charge in [0.05, 0.1) is 0 Å². The van der Waals surface area contributed by atoms with Crippen LogP contribution in [-0.2, 0) is 4.79 Å². The van der Waals surface area contributed by atoms with E-state index < -0.39 is 0 Å². The first-order valence-electron chi connectivity index (χ1n) is 7.59. The molecule has 23 heavy (non-hydrogen) atoms. The molecule has 1 aliphatic rings. The van der Waals surface area contributed by atoms with Crippen LogP contribution in [0.1, 0.15) is 34.7 Å². The maximum absolute atomic E-state index is 12.6. The standard InChI is InChI=1S/C17H19N3O3/c1-10-15(11(2)23-19-10)20(3)17(22)13-6-8-14(9-7-13)18-16(21)12-4-5-12/h6-9,12H,4-5H2,1-3H3,(H,18,21). The summed E-state index contributed by atoms with van der Waals surface area (Å²) in [6.07, 6.45) is 1.93. The Hall–Kier alpha value is -2.63.